The first-order chi connectivity index (χ1) is 10.0. The van der Waals surface area contributed by atoms with Gasteiger partial charge in [0.15, 0.2) is 0 Å². The molecule has 0 radical (unpaired) electrons. The van der Waals surface area contributed by atoms with Crippen molar-refractivity contribution in [3.8, 4) is 0 Å². The van der Waals surface area contributed by atoms with E-state index in [2.05, 4.69) is 0 Å². The van der Waals surface area contributed by atoms with Crippen molar-refractivity contribution < 1.29 is 19.7 Å². The molecule has 1 amide bonds. The van der Waals surface area contributed by atoms with Gasteiger partial charge in [-0.1, -0.05) is 6.07 Å². The first kappa shape index (κ1) is 15.7. The van der Waals surface area contributed by atoms with Gasteiger partial charge in [-0.05, 0) is 6.07 Å². The van der Waals surface area contributed by atoms with Gasteiger partial charge in [-0.25, -0.2) is 0 Å². The molecule has 21 heavy (non-hydrogen) atoms. The van der Waals surface area contributed by atoms with Gasteiger partial charge in [-0.2, -0.15) is 0 Å². The van der Waals surface area contributed by atoms with E-state index in [4.69, 9.17) is 4.74 Å². The van der Waals surface area contributed by atoms with Crippen molar-refractivity contribution in [3.63, 3.8) is 0 Å². The zero-order chi connectivity index (χ0) is 15.4. The molecule has 1 aromatic rings. The Kier molecular flexibility index (Phi) is 5.11. The number of hydrogen-bond donors (Lipinski definition) is 2. The molecule has 1 aromatic heterocycles. The van der Waals surface area contributed by atoms with Crippen LogP contribution in [0.4, 0.5) is 0 Å². The van der Waals surface area contributed by atoms with Crippen LogP contribution in [0.15, 0.2) is 29.2 Å². The highest BCUT2D eigenvalue weighted by atomic mass is 16.5. The molecular formula is C14H20N2O5. The Morgan fingerprint density at radius 2 is 2.19 bits per heavy atom. The van der Waals surface area contributed by atoms with E-state index < -0.39 is 18.2 Å². The number of aliphatic hydroxyl groups is 2. The van der Waals surface area contributed by atoms with Crippen LogP contribution >= 0.6 is 0 Å². The molecule has 0 spiro atoms. The van der Waals surface area contributed by atoms with E-state index in [1.54, 1.807) is 25.4 Å². The first-order valence-electron chi connectivity index (χ1n) is 6.85. The van der Waals surface area contributed by atoms with Gasteiger partial charge in [-0.3, -0.25) is 9.59 Å². The maximum Gasteiger partial charge on any atom is 0.250 e. The quantitative estimate of drug-likeness (QED) is 0.729. The molecule has 116 valence electrons. The maximum absolute atomic E-state index is 12.1. The molecular weight excluding hydrogens is 276 g/mol. The van der Waals surface area contributed by atoms with Crippen molar-refractivity contribution in [3.05, 3.63) is 34.7 Å². The summed E-state index contributed by atoms with van der Waals surface area (Å²) in [5.74, 6) is -0.215. The van der Waals surface area contributed by atoms with E-state index >= 15 is 0 Å². The number of carbonyl (C=O) groups excluding carboxylic acids is 1. The van der Waals surface area contributed by atoms with Crippen LogP contribution in [0.25, 0.3) is 0 Å². The van der Waals surface area contributed by atoms with Gasteiger partial charge in [0, 0.05) is 32.3 Å². The van der Waals surface area contributed by atoms with Crippen LogP contribution in [-0.4, -0.2) is 64.1 Å². The predicted molar refractivity (Wildman–Crippen MR) is 74.7 cm³/mol. The van der Waals surface area contributed by atoms with Gasteiger partial charge < -0.3 is 24.4 Å². The molecule has 0 aromatic carbocycles. The lowest BCUT2D eigenvalue weighted by Crippen LogP contribution is -2.56. The summed E-state index contributed by atoms with van der Waals surface area (Å²) in [5.41, 5.74) is -0.163. The Hall–Kier alpha value is -1.70. The van der Waals surface area contributed by atoms with Crippen LogP contribution in [0.1, 0.15) is 6.42 Å². The average Bonchev–Trinajstić information content (AvgIpc) is 2.48. The molecule has 1 aliphatic heterocycles. The number of pyridine rings is 1. The number of hydrogen-bond acceptors (Lipinski definition) is 5. The Labute approximate surface area is 122 Å². The van der Waals surface area contributed by atoms with E-state index in [1.807, 2.05) is 0 Å². The van der Waals surface area contributed by atoms with Crippen molar-refractivity contribution in [2.24, 2.45) is 0 Å². The molecule has 0 aliphatic carbocycles. The second-order valence-electron chi connectivity index (χ2n) is 5.15. The van der Waals surface area contributed by atoms with E-state index in [9.17, 15) is 19.8 Å². The van der Waals surface area contributed by atoms with Crippen LogP contribution in [-0.2, 0) is 16.1 Å². The normalized spacial score (nSPS) is 25.6. The fraction of sp³-hybridized carbons (Fsp3) is 0.571. The zero-order valence-electron chi connectivity index (χ0n) is 11.9. The average molecular weight is 296 g/mol. The number of nitrogens with zero attached hydrogens (tertiary/aromatic N) is 2. The largest absolute Gasteiger partial charge is 0.388 e. The SMILES string of the molecule is CN(C(=O)CCn1ccccc1=O)[C@@H]1COC[C@@H](O)[C@H]1O. The zero-order valence-corrected chi connectivity index (χ0v) is 11.9. The molecule has 0 unspecified atom stereocenters. The van der Waals surface area contributed by atoms with Crippen LogP contribution in [0, 0.1) is 0 Å². The minimum Gasteiger partial charge on any atom is -0.388 e. The van der Waals surface area contributed by atoms with Crippen molar-refractivity contribution >= 4 is 5.91 Å². The highest BCUT2D eigenvalue weighted by molar-refractivity contribution is 5.76. The van der Waals surface area contributed by atoms with Gasteiger partial charge in [-0.15, -0.1) is 0 Å². The molecule has 7 nitrogen and oxygen atoms in total. The minimum absolute atomic E-state index is 0.0686. The number of amides is 1. The monoisotopic (exact) mass is 296 g/mol. The van der Waals surface area contributed by atoms with Gasteiger partial charge >= 0.3 is 0 Å². The maximum atomic E-state index is 12.1. The van der Waals surface area contributed by atoms with Crippen LogP contribution < -0.4 is 5.56 Å². The Bertz CT molecular complexity index is 544. The van der Waals surface area contributed by atoms with E-state index in [0.29, 0.717) is 0 Å². The van der Waals surface area contributed by atoms with E-state index in [-0.39, 0.29) is 37.6 Å². The Morgan fingerprint density at radius 1 is 1.43 bits per heavy atom. The Morgan fingerprint density at radius 3 is 2.90 bits per heavy atom. The lowest BCUT2D eigenvalue weighted by Gasteiger charge is -2.37. The van der Waals surface area contributed by atoms with Crippen molar-refractivity contribution in [1.29, 1.82) is 0 Å². The topological polar surface area (TPSA) is 92.0 Å². The lowest BCUT2D eigenvalue weighted by molar-refractivity contribution is -0.153. The van der Waals surface area contributed by atoms with Gasteiger partial charge in [0.25, 0.3) is 5.56 Å². The molecule has 1 fully saturated rings. The minimum atomic E-state index is -1.02. The Balaban J connectivity index is 1.94. The number of carbonyl (C=O) groups is 1. The third-order valence-corrected chi connectivity index (χ3v) is 3.72. The summed E-state index contributed by atoms with van der Waals surface area (Å²) in [4.78, 5) is 25.1. The van der Waals surface area contributed by atoms with Crippen molar-refractivity contribution in [2.75, 3.05) is 20.3 Å². The number of aliphatic hydroxyl groups excluding tert-OH is 2. The molecule has 7 heteroatoms. The molecule has 2 heterocycles. The second-order valence-corrected chi connectivity index (χ2v) is 5.15. The van der Waals surface area contributed by atoms with E-state index in [1.165, 1.54) is 15.5 Å². The summed E-state index contributed by atoms with van der Waals surface area (Å²) in [7, 11) is 1.56. The molecule has 2 N–H and O–H groups in total. The van der Waals surface area contributed by atoms with Crippen LogP contribution in [0.3, 0.4) is 0 Å². The van der Waals surface area contributed by atoms with Crippen LogP contribution in [0.2, 0.25) is 0 Å². The third kappa shape index (κ3) is 3.69. The summed E-state index contributed by atoms with van der Waals surface area (Å²) in [6, 6.07) is 4.23. The molecule has 1 saturated heterocycles. The fourth-order valence-corrected chi connectivity index (χ4v) is 2.33. The number of aryl methyl sites for hydroxylation is 1. The number of ether oxygens (including phenoxy) is 1. The standard InChI is InChI=1S/C14H20N2O5/c1-15(10-8-21-9-11(17)14(10)20)12(18)5-7-16-6-3-2-4-13(16)19/h2-4,6,10-11,14,17,20H,5,7-9H2,1H3/t10-,11-,14+/m1/s1. The van der Waals surface area contributed by atoms with Crippen LogP contribution in [0.5, 0.6) is 0 Å². The van der Waals surface area contributed by atoms with Gasteiger partial charge in [0.2, 0.25) is 5.91 Å². The summed E-state index contributed by atoms with van der Waals surface area (Å²) < 4.78 is 6.61. The highest BCUT2D eigenvalue weighted by Gasteiger charge is 2.35. The van der Waals surface area contributed by atoms with Crippen molar-refractivity contribution in [2.45, 2.75) is 31.2 Å². The first-order valence-corrected chi connectivity index (χ1v) is 6.85. The number of likely N-dealkylation sites (N-methyl/N-ethyl adjacent to an activating group) is 1. The summed E-state index contributed by atoms with van der Waals surface area (Å²) in [6.07, 6.45) is -0.250. The second kappa shape index (κ2) is 6.84. The summed E-state index contributed by atoms with van der Waals surface area (Å²) in [5, 5.41) is 19.5. The third-order valence-electron chi connectivity index (χ3n) is 3.72. The number of aromatic nitrogens is 1. The predicted octanol–water partition coefficient (Wildman–Crippen LogP) is -1.18. The molecule has 1 aliphatic rings. The smallest absolute Gasteiger partial charge is 0.250 e. The fourth-order valence-electron chi connectivity index (χ4n) is 2.33. The van der Waals surface area contributed by atoms with Gasteiger partial charge in [0.05, 0.1) is 19.3 Å². The number of rotatable bonds is 4. The summed E-state index contributed by atoms with van der Waals surface area (Å²) >= 11 is 0. The summed E-state index contributed by atoms with van der Waals surface area (Å²) in [6.45, 7) is 0.528. The molecule has 3 atom stereocenters. The highest BCUT2D eigenvalue weighted by Crippen LogP contribution is 2.14. The molecule has 0 saturated carbocycles. The lowest BCUT2D eigenvalue weighted by atomic mass is 10.0. The molecule has 0 bridgehead atoms. The van der Waals surface area contributed by atoms with E-state index in [0.717, 1.165) is 0 Å². The van der Waals surface area contributed by atoms with Gasteiger partial charge in [0.1, 0.15) is 12.2 Å². The van der Waals surface area contributed by atoms with Crippen molar-refractivity contribution in [1.82, 2.24) is 9.47 Å². The molecule has 2 rings (SSSR count).